The van der Waals surface area contributed by atoms with Crippen molar-refractivity contribution in [3.63, 3.8) is 0 Å². The van der Waals surface area contributed by atoms with E-state index < -0.39 is 6.29 Å². The second-order valence-corrected chi connectivity index (χ2v) is 7.39. The highest BCUT2D eigenvalue weighted by molar-refractivity contribution is 6.35. The summed E-state index contributed by atoms with van der Waals surface area (Å²) in [5.74, 6) is 1.29. The molecule has 142 valence electrons. The zero-order chi connectivity index (χ0) is 19.7. The van der Waals surface area contributed by atoms with E-state index in [0.717, 1.165) is 27.8 Å². The predicted octanol–water partition coefficient (Wildman–Crippen LogP) is 6.02. The van der Waals surface area contributed by atoms with Gasteiger partial charge in [-0.15, -0.1) is 0 Å². The van der Waals surface area contributed by atoms with Gasteiger partial charge in [0.2, 0.25) is 6.29 Å². The van der Waals surface area contributed by atoms with Gasteiger partial charge >= 0.3 is 0 Å². The largest absolute Gasteiger partial charge is 0.488 e. The fraction of sp³-hybridized carbons (Fsp3) is 0.130. The monoisotopic (exact) mass is 412 g/mol. The third-order valence-corrected chi connectivity index (χ3v) is 5.26. The van der Waals surface area contributed by atoms with Crippen LogP contribution in [0.25, 0.3) is 5.57 Å². The molecule has 3 aromatic carbocycles. The lowest BCUT2D eigenvalue weighted by atomic mass is 9.93. The highest BCUT2D eigenvalue weighted by atomic mass is 35.5. The van der Waals surface area contributed by atoms with E-state index in [9.17, 15) is 5.11 Å². The van der Waals surface area contributed by atoms with Gasteiger partial charge in [-0.25, -0.2) is 0 Å². The number of hydrogen-bond acceptors (Lipinski definition) is 3. The molecule has 0 aliphatic carbocycles. The number of halogens is 2. The minimum atomic E-state index is -1.01. The standard InChI is InChI=1S/C23H18Cl2O3/c1-14-21(27-13-16-7-8-17(24)11-20(16)25)10-9-18-19(12-22(26)28-23(14)18)15-5-3-2-4-6-15/h2-12,22,26H,13H2,1H3. The maximum atomic E-state index is 10.2. The molecule has 0 saturated heterocycles. The van der Waals surface area contributed by atoms with Gasteiger partial charge in [0, 0.05) is 26.7 Å². The van der Waals surface area contributed by atoms with Gasteiger partial charge in [-0.3, -0.25) is 0 Å². The van der Waals surface area contributed by atoms with E-state index in [2.05, 4.69) is 0 Å². The van der Waals surface area contributed by atoms with Gasteiger partial charge in [0.25, 0.3) is 0 Å². The van der Waals surface area contributed by atoms with Gasteiger partial charge in [-0.2, -0.15) is 0 Å². The third kappa shape index (κ3) is 3.74. The molecule has 3 nitrogen and oxygen atoms in total. The number of aliphatic hydroxyl groups excluding tert-OH is 1. The molecule has 1 atom stereocenters. The average molecular weight is 413 g/mol. The van der Waals surface area contributed by atoms with Crippen LogP contribution in [0.4, 0.5) is 0 Å². The van der Waals surface area contributed by atoms with Crippen LogP contribution in [0.1, 0.15) is 22.3 Å². The summed E-state index contributed by atoms with van der Waals surface area (Å²) in [6.45, 7) is 2.22. The van der Waals surface area contributed by atoms with E-state index in [4.69, 9.17) is 32.7 Å². The maximum absolute atomic E-state index is 10.2. The van der Waals surface area contributed by atoms with Gasteiger partial charge in [0.05, 0.1) is 0 Å². The number of ether oxygens (including phenoxy) is 2. The number of hydrogen-bond donors (Lipinski definition) is 1. The van der Waals surface area contributed by atoms with Crippen molar-refractivity contribution in [3.05, 3.63) is 99.0 Å². The molecular formula is C23H18Cl2O3. The number of fused-ring (bicyclic) bond motifs is 1. The van der Waals surface area contributed by atoms with Crippen LogP contribution in [-0.2, 0) is 6.61 Å². The topological polar surface area (TPSA) is 38.7 Å². The number of rotatable bonds is 4. The van der Waals surface area contributed by atoms with Crippen LogP contribution < -0.4 is 9.47 Å². The highest BCUT2D eigenvalue weighted by Crippen LogP contribution is 2.41. The lowest BCUT2D eigenvalue weighted by molar-refractivity contribution is 0.0218. The summed E-state index contributed by atoms with van der Waals surface area (Å²) in [5.41, 5.74) is 4.54. The summed E-state index contributed by atoms with van der Waals surface area (Å²) in [4.78, 5) is 0. The first kappa shape index (κ1) is 18.9. The normalized spacial score (nSPS) is 15.4. The van der Waals surface area contributed by atoms with E-state index >= 15 is 0 Å². The van der Waals surface area contributed by atoms with E-state index in [1.54, 1.807) is 18.2 Å². The Morgan fingerprint density at radius 3 is 2.57 bits per heavy atom. The van der Waals surface area contributed by atoms with Gasteiger partial charge < -0.3 is 14.6 Å². The number of aliphatic hydroxyl groups is 1. The molecule has 4 rings (SSSR count). The summed E-state index contributed by atoms with van der Waals surface area (Å²) >= 11 is 12.2. The molecule has 0 spiro atoms. The molecule has 1 aliphatic heterocycles. The van der Waals surface area contributed by atoms with Crippen molar-refractivity contribution in [2.24, 2.45) is 0 Å². The summed E-state index contributed by atoms with van der Waals surface area (Å²) in [6, 6.07) is 19.1. The zero-order valence-electron chi connectivity index (χ0n) is 15.2. The Morgan fingerprint density at radius 1 is 1.04 bits per heavy atom. The summed E-state index contributed by atoms with van der Waals surface area (Å²) in [7, 11) is 0. The molecule has 3 aromatic rings. The Morgan fingerprint density at radius 2 is 1.82 bits per heavy atom. The Kier molecular flexibility index (Phi) is 5.31. The molecule has 1 N–H and O–H groups in total. The molecule has 1 unspecified atom stereocenters. The second kappa shape index (κ2) is 7.88. The van der Waals surface area contributed by atoms with E-state index in [-0.39, 0.29) is 0 Å². The van der Waals surface area contributed by atoms with Crippen LogP contribution >= 0.6 is 23.2 Å². The molecule has 1 heterocycles. The summed E-state index contributed by atoms with van der Waals surface area (Å²) < 4.78 is 11.7. The zero-order valence-corrected chi connectivity index (χ0v) is 16.7. The first-order chi connectivity index (χ1) is 13.5. The third-order valence-electron chi connectivity index (χ3n) is 4.68. The van der Waals surface area contributed by atoms with Crippen molar-refractivity contribution in [2.75, 3.05) is 0 Å². The van der Waals surface area contributed by atoms with Crippen molar-refractivity contribution in [2.45, 2.75) is 19.8 Å². The maximum Gasteiger partial charge on any atom is 0.218 e. The lowest BCUT2D eigenvalue weighted by Gasteiger charge is -2.25. The fourth-order valence-corrected chi connectivity index (χ4v) is 3.71. The quantitative estimate of drug-likeness (QED) is 0.568. The molecule has 28 heavy (non-hydrogen) atoms. The number of benzene rings is 3. The van der Waals surface area contributed by atoms with Crippen LogP contribution in [-0.4, -0.2) is 11.4 Å². The first-order valence-electron chi connectivity index (χ1n) is 8.85. The van der Waals surface area contributed by atoms with Crippen LogP contribution in [0.2, 0.25) is 10.0 Å². The molecule has 0 aromatic heterocycles. The molecule has 1 aliphatic rings. The SMILES string of the molecule is Cc1c(OCc2ccc(Cl)cc2Cl)ccc2c1OC(O)C=C2c1ccccc1. The molecule has 0 radical (unpaired) electrons. The minimum absolute atomic E-state index is 0.305. The van der Waals surface area contributed by atoms with Crippen LogP contribution in [0, 0.1) is 6.92 Å². The second-order valence-electron chi connectivity index (χ2n) is 6.54. The van der Waals surface area contributed by atoms with Crippen molar-refractivity contribution in [3.8, 4) is 11.5 Å². The molecule has 0 bridgehead atoms. The van der Waals surface area contributed by atoms with Crippen LogP contribution in [0.3, 0.4) is 0 Å². The smallest absolute Gasteiger partial charge is 0.218 e. The Hall–Kier alpha value is -2.46. The molecule has 0 amide bonds. The van der Waals surface area contributed by atoms with Gasteiger partial charge in [-0.05, 0) is 48.4 Å². The molecule has 0 saturated carbocycles. The van der Waals surface area contributed by atoms with E-state index in [1.807, 2.05) is 55.5 Å². The highest BCUT2D eigenvalue weighted by Gasteiger charge is 2.23. The Bertz CT molecular complexity index is 1050. The van der Waals surface area contributed by atoms with Crippen LogP contribution in [0.5, 0.6) is 11.5 Å². The van der Waals surface area contributed by atoms with Crippen molar-refractivity contribution in [1.29, 1.82) is 0 Å². The average Bonchev–Trinajstić information content (AvgIpc) is 2.69. The van der Waals surface area contributed by atoms with Crippen molar-refractivity contribution >= 4 is 28.8 Å². The molecule has 0 fully saturated rings. The van der Waals surface area contributed by atoms with Gasteiger partial charge in [0.15, 0.2) is 0 Å². The molecular weight excluding hydrogens is 395 g/mol. The Labute approximate surface area is 173 Å². The Balaban J connectivity index is 1.65. The van der Waals surface area contributed by atoms with Crippen molar-refractivity contribution in [1.82, 2.24) is 0 Å². The van der Waals surface area contributed by atoms with Crippen molar-refractivity contribution < 1.29 is 14.6 Å². The molecule has 5 heteroatoms. The van der Waals surface area contributed by atoms with E-state index in [0.29, 0.717) is 28.2 Å². The summed E-state index contributed by atoms with van der Waals surface area (Å²) in [6.07, 6.45) is 0.702. The minimum Gasteiger partial charge on any atom is -0.488 e. The predicted molar refractivity (Wildman–Crippen MR) is 112 cm³/mol. The first-order valence-corrected chi connectivity index (χ1v) is 9.61. The lowest BCUT2D eigenvalue weighted by Crippen LogP contribution is -2.19. The fourth-order valence-electron chi connectivity index (χ4n) is 3.24. The van der Waals surface area contributed by atoms with Crippen LogP contribution in [0.15, 0.2) is 66.7 Å². The van der Waals surface area contributed by atoms with Gasteiger partial charge in [0.1, 0.15) is 18.1 Å². The summed E-state index contributed by atoms with van der Waals surface area (Å²) in [5, 5.41) is 11.3. The van der Waals surface area contributed by atoms with E-state index in [1.165, 1.54) is 0 Å². The van der Waals surface area contributed by atoms with Gasteiger partial charge in [-0.1, -0.05) is 59.6 Å².